The summed E-state index contributed by atoms with van der Waals surface area (Å²) in [6.07, 6.45) is 2.85. The maximum absolute atomic E-state index is 12.5. The number of carbonyl (C=O) groups is 2. The highest BCUT2D eigenvalue weighted by atomic mass is 16.5. The van der Waals surface area contributed by atoms with E-state index in [0.29, 0.717) is 18.8 Å². The zero-order valence-corrected chi connectivity index (χ0v) is 16.3. The number of ether oxygens (including phenoxy) is 2. The van der Waals surface area contributed by atoms with Crippen molar-refractivity contribution in [2.45, 2.75) is 19.4 Å². The molecule has 7 heteroatoms. The predicted molar refractivity (Wildman–Crippen MR) is 112 cm³/mol. The first-order chi connectivity index (χ1) is 14.1. The van der Waals surface area contributed by atoms with Crippen LogP contribution in [0.4, 0.5) is 4.79 Å². The van der Waals surface area contributed by atoms with E-state index < -0.39 is 18.0 Å². The van der Waals surface area contributed by atoms with E-state index in [1.165, 1.54) is 6.21 Å². The molecule has 152 valence electrons. The second-order valence-electron chi connectivity index (χ2n) is 6.01. The highest BCUT2D eigenvalue weighted by Gasteiger charge is 2.21. The maximum Gasteiger partial charge on any atom is 0.407 e. The van der Waals surface area contributed by atoms with Gasteiger partial charge in [0.1, 0.15) is 18.4 Å². The van der Waals surface area contributed by atoms with Gasteiger partial charge in [0.05, 0.1) is 12.8 Å². The van der Waals surface area contributed by atoms with E-state index in [4.69, 9.17) is 9.47 Å². The van der Waals surface area contributed by atoms with Gasteiger partial charge in [-0.3, -0.25) is 4.79 Å². The Morgan fingerprint density at radius 3 is 2.52 bits per heavy atom. The lowest BCUT2D eigenvalue weighted by Crippen LogP contribution is -2.47. The van der Waals surface area contributed by atoms with Crippen molar-refractivity contribution in [2.75, 3.05) is 13.2 Å². The van der Waals surface area contributed by atoms with Crippen LogP contribution in [0.1, 0.15) is 18.1 Å². The molecule has 29 heavy (non-hydrogen) atoms. The zero-order valence-electron chi connectivity index (χ0n) is 16.3. The van der Waals surface area contributed by atoms with E-state index in [2.05, 4.69) is 22.4 Å². The van der Waals surface area contributed by atoms with Crippen LogP contribution in [0.3, 0.4) is 0 Å². The van der Waals surface area contributed by atoms with E-state index >= 15 is 0 Å². The Bertz CT molecular complexity index is 820. The summed E-state index contributed by atoms with van der Waals surface area (Å²) in [6.45, 7) is 5.95. The second-order valence-corrected chi connectivity index (χ2v) is 6.01. The molecule has 2 amide bonds. The Balaban J connectivity index is 1.97. The molecule has 1 atom stereocenters. The minimum atomic E-state index is -0.816. The Kier molecular flexibility index (Phi) is 8.95. The molecule has 0 saturated carbocycles. The standard InChI is InChI=1S/C22H25N3O4/c1-3-14-29-19-12-10-18(11-13-19)16-23-25-21(26)20(24-22(27)28-4-2)15-17-8-6-5-7-9-17/h3,5-13,16,20H,1,4,14-15H2,2H3,(H,24,27)(H,25,26)/b23-16-/t20-/m0/s1. The smallest absolute Gasteiger partial charge is 0.407 e. The fourth-order valence-corrected chi connectivity index (χ4v) is 2.43. The van der Waals surface area contributed by atoms with Crippen LogP contribution in [0.5, 0.6) is 5.75 Å². The zero-order chi connectivity index (χ0) is 20.9. The first kappa shape index (κ1) is 21.7. The Morgan fingerprint density at radius 1 is 1.14 bits per heavy atom. The molecule has 2 aromatic rings. The summed E-state index contributed by atoms with van der Waals surface area (Å²) in [5.41, 5.74) is 4.16. The largest absolute Gasteiger partial charge is 0.490 e. The van der Waals surface area contributed by atoms with Crippen LogP contribution in [0.25, 0.3) is 0 Å². The van der Waals surface area contributed by atoms with Crippen LogP contribution >= 0.6 is 0 Å². The minimum Gasteiger partial charge on any atom is -0.490 e. The van der Waals surface area contributed by atoms with Crippen molar-refractivity contribution in [1.29, 1.82) is 0 Å². The van der Waals surface area contributed by atoms with Gasteiger partial charge in [-0.2, -0.15) is 5.10 Å². The van der Waals surface area contributed by atoms with Crippen LogP contribution in [0.2, 0.25) is 0 Å². The lowest BCUT2D eigenvalue weighted by molar-refractivity contribution is -0.123. The fourth-order valence-electron chi connectivity index (χ4n) is 2.43. The number of hydrogen-bond donors (Lipinski definition) is 2. The van der Waals surface area contributed by atoms with Gasteiger partial charge in [-0.25, -0.2) is 10.2 Å². The molecule has 2 N–H and O–H groups in total. The molecule has 0 radical (unpaired) electrons. The molecule has 0 aromatic heterocycles. The summed E-state index contributed by atoms with van der Waals surface area (Å²) in [5.74, 6) is 0.275. The van der Waals surface area contributed by atoms with Crippen LogP contribution in [-0.2, 0) is 16.0 Å². The Hall–Kier alpha value is -3.61. The molecular weight excluding hydrogens is 370 g/mol. The summed E-state index contributed by atoms with van der Waals surface area (Å²) in [6, 6.07) is 15.8. The predicted octanol–water partition coefficient (Wildman–Crippen LogP) is 3.06. The first-order valence-corrected chi connectivity index (χ1v) is 9.26. The van der Waals surface area contributed by atoms with Gasteiger partial charge in [0.15, 0.2) is 0 Å². The molecular formula is C22H25N3O4. The Labute approximate surface area is 170 Å². The number of rotatable bonds is 10. The SMILES string of the molecule is C=CCOc1ccc(/C=N\NC(=O)[C@H](Cc2ccccc2)NC(=O)OCC)cc1. The van der Waals surface area contributed by atoms with Crippen molar-refractivity contribution < 1.29 is 19.1 Å². The van der Waals surface area contributed by atoms with Crippen LogP contribution in [0, 0.1) is 0 Å². The van der Waals surface area contributed by atoms with Crippen molar-refractivity contribution in [3.8, 4) is 5.75 Å². The van der Waals surface area contributed by atoms with Gasteiger partial charge in [0.2, 0.25) is 0 Å². The average molecular weight is 395 g/mol. The minimum absolute atomic E-state index is 0.218. The normalized spacial score (nSPS) is 11.5. The quantitative estimate of drug-likeness (QED) is 0.368. The lowest BCUT2D eigenvalue weighted by atomic mass is 10.1. The van der Waals surface area contributed by atoms with Crippen LogP contribution in [-0.4, -0.2) is 37.5 Å². The van der Waals surface area contributed by atoms with Gasteiger partial charge in [-0.1, -0.05) is 43.0 Å². The highest BCUT2D eigenvalue weighted by Crippen LogP contribution is 2.11. The number of hydrogen-bond acceptors (Lipinski definition) is 5. The molecule has 0 heterocycles. The maximum atomic E-state index is 12.5. The van der Waals surface area contributed by atoms with Crippen molar-refractivity contribution in [3.05, 3.63) is 78.4 Å². The molecule has 0 aliphatic carbocycles. The summed E-state index contributed by atoms with van der Waals surface area (Å²) in [7, 11) is 0. The number of nitrogens with one attached hydrogen (secondary N) is 2. The summed E-state index contributed by atoms with van der Waals surface area (Å²) in [5, 5.41) is 6.55. The van der Waals surface area contributed by atoms with Gasteiger partial charge >= 0.3 is 6.09 Å². The van der Waals surface area contributed by atoms with Gasteiger partial charge < -0.3 is 14.8 Å². The lowest BCUT2D eigenvalue weighted by Gasteiger charge is -2.16. The van der Waals surface area contributed by atoms with Crippen LogP contribution in [0.15, 0.2) is 72.4 Å². The fraction of sp³-hybridized carbons (Fsp3) is 0.227. The van der Waals surface area contributed by atoms with Crippen molar-refractivity contribution in [1.82, 2.24) is 10.7 Å². The van der Waals surface area contributed by atoms with E-state index in [0.717, 1.165) is 11.1 Å². The van der Waals surface area contributed by atoms with Gasteiger partial charge in [0, 0.05) is 6.42 Å². The molecule has 0 fully saturated rings. The van der Waals surface area contributed by atoms with Crippen molar-refractivity contribution in [2.24, 2.45) is 5.10 Å². The molecule has 7 nitrogen and oxygen atoms in total. The molecule has 2 rings (SSSR count). The van der Waals surface area contributed by atoms with E-state index in [1.54, 1.807) is 25.1 Å². The van der Waals surface area contributed by atoms with Gasteiger partial charge in [-0.15, -0.1) is 0 Å². The first-order valence-electron chi connectivity index (χ1n) is 9.26. The molecule has 0 spiro atoms. The Morgan fingerprint density at radius 2 is 1.86 bits per heavy atom. The number of amides is 2. The number of carbonyl (C=O) groups excluding carboxylic acids is 2. The van der Waals surface area contributed by atoms with E-state index in [-0.39, 0.29) is 6.61 Å². The number of benzene rings is 2. The molecule has 2 aromatic carbocycles. The number of hydrazone groups is 1. The topological polar surface area (TPSA) is 89.0 Å². The number of nitrogens with zero attached hydrogens (tertiary/aromatic N) is 1. The number of alkyl carbamates (subject to hydrolysis) is 1. The third kappa shape index (κ3) is 7.88. The third-order valence-electron chi connectivity index (χ3n) is 3.80. The van der Waals surface area contributed by atoms with Crippen molar-refractivity contribution in [3.63, 3.8) is 0 Å². The molecule has 0 aliphatic heterocycles. The summed E-state index contributed by atoms with van der Waals surface area (Å²) >= 11 is 0. The second kappa shape index (κ2) is 12.0. The average Bonchev–Trinajstić information content (AvgIpc) is 2.73. The van der Waals surface area contributed by atoms with Gasteiger partial charge in [0.25, 0.3) is 5.91 Å². The summed E-state index contributed by atoms with van der Waals surface area (Å²) in [4.78, 5) is 24.3. The van der Waals surface area contributed by atoms with Crippen molar-refractivity contribution >= 4 is 18.2 Å². The molecule has 0 unspecified atom stereocenters. The molecule has 0 saturated heterocycles. The van der Waals surface area contributed by atoms with Gasteiger partial charge in [-0.05, 0) is 42.3 Å². The van der Waals surface area contributed by atoms with E-state index in [1.807, 2.05) is 42.5 Å². The molecule has 0 aliphatic rings. The third-order valence-corrected chi connectivity index (χ3v) is 3.80. The van der Waals surface area contributed by atoms with E-state index in [9.17, 15) is 9.59 Å². The highest BCUT2D eigenvalue weighted by molar-refractivity contribution is 5.87. The summed E-state index contributed by atoms with van der Waals surface area (Å²) < 4.78 is 10.3. The monoisotopic (exact) mass is 395 g/mol. The van der Waals surface area contributed by atoms with Crippen LogP contribution < -0.4 is 15.5 Å². The molecule has 0 bridgehead atoms.